The van der Waals surface area contributed by atoms with Crippen LogP contribution in [0.25, 0.3) is 22.3 Å². The van der Waals surface area contributed by atoms with E-state index in [4.69, 9.17) is 11.6 Å². The Bertz CT molecular complexity index is 1100. The van der Waals surface area contributed by atoms with Crippen LogP contribution in [0.3, 0.4) is 0 Å². The first-order chi connectivity index (χ1) is 12.4. The second kappa shape index (κ2) is 6.41. The second-order valence-electron chi connectivity index (χ2n) is 6.22. The molecule has 0 spiro atoms. The Kier molecular flexibility index (Phi) is 4.21. The van der Waals surface area contributed by atoms with Gasteiger partial charge in [0, 0.05) is 16.1 Å². The smallest absolute Gasteiger partial charge is 0.233 e. The van der Waals surface area contributed by atoms with E-state index >= 15 is 0 Å². The number of sulfonamides is 1. The molecule has 26 heavy (non-hydrogen) atoms. The van der Waals surface area contributed by atoms with Gasteiger partial charge in [-0.2, -0.15) is 0 Å². The molecule has 132 valence electrons. The molecule has 3 aromatic rings. The molecule has 0 radical (unpaired) electrons. The van der Waals surface area contributed by atoms with Gasteiger partial charge in [-0.3, -0.25) is 4.72 Å². The zero-order chi connectivity index (χ0) is 18.3. The molecule has 0 aliphatic carbocycles. The minimum atomic E-state index is -3.39. The summed E-state index contributed by atoms with van der Waals surface area (Å²) in [6.45, 7) is 0. The van der Waals surface area contributed by atoms with Crippen molar-refractivity contribution >= 4 is 27.3 Å². The summed E-state index contributed by atoms with van der Waals surface area (Å²) in [5.41, 5.74) is 3.72. The van der Waals surface area contributed by atoms with Crippen molar-refractivity contribution in [3.63, 3.8) is 0 Å². The fourth-order valence-corrected chi connectivity index (χ4v) is 4.58. The van der Waals surface area contributed by atoms with Crippen molar-refractivity contribution in [2.45, 2.75) is 6.42 Å². The predicted molar refractivity (Wildman–Crippen MR) is 103 cm³/mol. The number of hydrogen-bond donors (Lipinski definition) is 1. The van der Waals surface area contributed by atoms with Crippen molar-refractivity contribution in [1.82, 2.24) is 0 Å². The Morgan fingerprint density at radius 2 is 1.69 bits per heavy atom. The summed E-state index contributed by atoms with van der Waals surface area (Å²) in [6.07, 6.45) is 0.378. The summed E-state index contributed by atoms with van der Waals surface area (Å²) in [5.74, 6) is -0.359. The molecule has 0 atom stereocenters. The third kappa shape index (κ3) is 3.20. The average Bonchev–Trinajstić information content (AvgIpc) is 2.62. The van der Waals surface area contributed by atoms with Gasteiger partial charge in [0.05, 0.1) is 11.4 Å². The molecule has 3 aromatic carbocycles. The van der Waals surface area contributed by atoms with Gasteiger partial charge in [0.2, 0.25) is 10.0 Å². The first-order valence-corrected chi connectivity index (χ1v) is 10.1. The van der Waals surface area contributed by atoms with Crippen LogP contribution in [0.1, 0.15) is 5.56 Å². The van der Waals surface area contributed by atoms with Gasteiger partial charge in [-0.1, -0.05) is 54.1 Å². The topological polar surface area (TPSA) is 46.2 Å². The molecule has 1 aliphatic rings. The van der Waals surface area contributed by atoms with Crippen LogP contribution >= 0.6 is 11.6 Å². The zero-order valence-electron chi connectivity index (χ0n) is 13.7. The Balaban J connectivity index is 1.84. The summed E-state index contributed by atoms with van der Waals surface area (Å²) in [6, 6.07) is 17.6. The Labute approximate surface area is 156 Å². The summed E-state index contributed by atoms with van der Waals surface area (Å²) in [5, 5.41) is 0.493. The Hall–Kier alpha value is -2.37. The highest BCUT2D eigenvalue weighted by Crippen LogP contribution is 2.38. The number of hydrogen-bond acceptors (Lipinski definition) is 2. The van der Waals surface area contributed by atoms with Crippen LogP contribution in [0.2, 0.25) is 5.02 Å². The molecule has 0 fully saturated rings. The highest BCUT2D eigenvalue weighted by molar-refractivity contribution is 7.92. The number of rotatable bonds is 2. The molecule has 0 aromatic heterocycles. The normalized spacial score (nSPS) is 15.2. The molecular weight excluding hydrogens is 373 g/mol. The third-order valence-corrected chi connectivity index (χ3v) is 5.92. The molecule has 0 saturated heterocycles. The molecule has 1 aliphatic heterocycles. The van der Waals surface area contributed by atoms with Crippen LogP contribution in [0.5, 0.6) is 0 Å². The SMILES string of the molecule is O=S1(=O)CCc2cc(Cl)cc(-c3ccc(-c4ccccc4)c(F)c3)c2N1. The van der Waals surface area contributed by atoms with E-state index in [1.54, 1.807) is 24.3 Å². The maximum absolute atomic E-state index is 14.7. The highest BCUT2D eigenvalue weighted by Gasteiger charge is 2.24. The average molecular weight is 388 g/mol. The molecule has 6 heteroatoms. The first-order valence-electron chi connectivity index (χ1n) is 8.11. The van der Waals surface area contributed by atoms with Gasteiger partial charge in [0.25, 0.3) is 0 Å². The number of anilines is 1. The fourth-order valence-electron chi connectivity index (χ4n) is 3.19. The molecule has 0 unspecified atom stereocenters. The van der Waals surface area contributed by atoms with E-state index in [-0.39, 0.29) is 11.6 Å². The number of benzene rings is 3. The van der Waals surface area contributed by atoms with E-state index in [1.165, 1.54) is 6.07 Å². The first kappa shape index (κ1) is 17.1. The van der Waals surface area contributed by atoms with Crippen molar-refractivity contribution in [3.8, 4) is 22.3 Å². The molecule has 1 heterocycles. The second-order valence-corrected chi connectivity index (χ2v) is 8.50. The van der Waals surface area contributed by atoms with E-state index in [0.717, 1.165) is 11.1 Å². The molecule has 1 N–H and O–H groups in total. The molecule has 0 amide bonds. The lowest BCUT2D eigenvalue weighted by atomic mass is 9.96. The largest absolute Gasteiger partial charge is 0.283 e. The number of aryl methyl sites for hydroxylation is 1. The van der Waals surface area contributed by atoms with Gasteiger partial charge < -0.3 is 0 Å². The third-order valence-electron chi connectivity index (χ3n) is 4.45. The quantitative estimate of drug-likeness (QED) is 0.664. The number of nitrogens with one attached hydrogen (secondary N) is 1. The fraction of sp³-hybridized carbons (Fsp3) is 0.100. The Morgan fingerprint density at radius 3 is 2.42 bits per heavy atom. The molecule has 4 rings (SSSR count). The van der Waals surface area contributed by atoms with Gasteiger partial charge >= 0.3 is 0 Å². The standard InChI is InChI=1S/C20H15ClFNO2S/c21-16-10-15-8-9-26(24,25)23-20(15)18(12-16)14-6-7-17(19(22)11-14)13-4-2-1-3-5-13/h1-7,10-12,23H,8-9H2. The maximum Gasteiger partial charge on any atom is 0.233 e. The lowest BCUT2D eigenvalue weighted by Crippen LogP contribution is -2.24. The van der Waals surface area contributed by atoms with Crippen LogP contribution in [0.15, 0.2) is 60.7 Å². The molecule has 3 nitrogen and oxygen atoms in total. The minimum absolute atomic E-state index is 0.0150. The summed E-state index contributed by atoms with van der Waals surface area (Å²) >= 11 is 6.20. The van der Waals surface area contributed by atoms with Crippen molar-refractivity contribution in [2.75, 3.05) is 10.5 Å². The van der Waals surface area contributed by atoms with Crippen LogP contribution in [0.4, 0.5) is 10.1 Å². The van der Waals surface area contributed by atoms with Crippen molar-refractivity contribution in [2.24, 2.45) is 0 Å². The Morgan fingerprint density at radius 1 is 0.923 bits per heavy atom. The van der Waals surface area contributed by atoms with E-state index in [1.807, 2.05) is 30.3 Å². The van der Waals surface area contributed by atoms with E-state index in [9.17, 15) is 12.8 Å². The van der Waals surface area contributed by atoms with E-state index in [0.29, 0.717) is 33.8 Å². The summed E-state index contributed by atoms with van der Waals surface area (Å²) in [7, 11) is -3.39. The van der Waals surface area contributed by atoms with Crippen LogP contribution in [-0.4, -0.2) is 14.2 Å². The number of fused-ring (bicyclic) bond motifs is 1. The van der Waals surface area contributed by atoms with Crippen molar-refractivity contribution in [1.29, 1.82) is 0 Å². The zero-order valence-corrected chi connectivity index (χ0v) is 15.2. The molecule has 0 bridgehead atoms. The number of halogens is 2. The van der Waals surface area contributed by atoms with Crippen molar-refractivity contribution < 1.29 is 12.8 Å². The summed E-state index contributed by atoms with van der Waals surface area (Å²) < 4.78 is 41.3. The molecule has 0 saturated carbocycles. The van der Waals surface area contributed by atoms with Crippen molar-refractivity contribution in [3.05, 3.63) is 77.1 Å². The predicted octanol–water partition coefficient (Wildman–Crippen LogP) is 5.11. The maximum atomic E-state index is 14.7. The lowest BCUT2D eigenvalue weighted by molar-refractivity contribution is 0.599. The van der Waals surface area contributed by atoms with E-state index < -0.39 is 10.0 Å². The monoisotopic (exact) mass is 387 g/mol. The van der Waals surface area contributed by atoms with Gasteiger partial charge in [-0.25, -0.2) is 12.8 Å². The van der Waals surface area contributed by atoms with Gasteiger partial charge in [-0.15, -0.1) is 0 Å². The van der Waals surface area contributed by atoms with Crippen LogP contribution in [0, 0.1) is 5.82 Å². The van der Waals surface area contributed by atoms with Crippen LogP contribution < -0.4 is 4.72 Å². The lowest BCUT2D eigenvalue weighted by Gasteiger charge is -2.22. The van der Waals surface area contributed by atoms with Crippen LogP contribution in [-0.2, 0) is 16.4 Å². The van der Waals surface area contributed by atoms with Gasteiger partial charge in [0.15, 0.2) is 0 Å². The highest BCUT2D eigenvalue weighted by atomic mass is 35.5. The summed E-state index contributed by atoms with van der Waals surface area (Å²) in [4.78, 5) is 0. The van der Waals surface area contributed by atoms with Gasteiger partial charge in [0.1, 0.15) is 5.82 Å². The minimum Gasteiger partial charge on any atom is -0.283 e. The van der Waals surface area contributed by atoms with Gasteiger partial charge in [-0.05, 0) is 41.3 Å². The van der Waals surface area contributed by atoms with E-state index in [2.05, 4.69) is 4.72 Å². The molecular formula is C20H15ClFNO2S.